The zero-order chi connectivity index (χ0) is 13.5. The van der Waals surface area contributed by atoms with Crippen LogP contribution in [0.4, 0.5) is 5.69 Å². The van der Waals surface area contributed by atoms with Crippen molar-refractivity contribution in [3.8, 4) is 0 Å². The molecule has 0 radical (unpaired) electrons. The van der Waals surface area contributed by atoms with Crippen LogP contribution >= 0.6 is 15.9 Å². The first kappa shape index (κ1) is 15.0. The number of benzene rings is 1. The summed E-state index contributed by atoms with van der Waals surface area (Å²) in [6, 6.07) is 5.76. The minimum absolute atomic E-state index is 0.0371. The molecule has 0 bridgehead atoms. The Morgan fingerprint density at radius 3 is 2.78 bits per heavy atom. The number of rotatable bonds is 6. The van der Waals surface area contributed by atoms with E-state index in [-0.39, 0.29) is 5.91 Å². The number of nitrogens with two attached hydrogens (primary N) is 1. The van der Waals surface area contributed by atoms with Gasteiger partial charge in [-0.1, -0.05) is 28.9 Å². The highest BCUT2D eigenvalue weighted by atomic mass is 79.9. The molecule has 0 aliphatic heterocycles. The van der Waals surface area contributed by atoms with Gasteiger partial charge in [0.1, 0.15) is 0 Å². The first-order valence-electron chi connectivity index (χ1n) is 6.03. The van der Waals surface area contributed by atoms with Gasteiger partial charge in [0.2, 0.25) is 5.91 Å². The van der Waals surface area contributed by atoms with E-state index in [1.807, 2.05) is 18.2 Å². The minimum Gasteiger partial charge on any atom is -0.399 e. The molecule has 0 saturated heterocycles. The SMILES string of the molecule is CCCN(CC(=O)NC)Cc1ccc(N)cc1Br. The highest BCUT2D eigenvalue weighted by Crippen LogP contribution is 2.21. The molecule has 3 N–H and O–H groups in total. The number of hydrogen-bond donors (Lipinski definition) is 2. The van der Waals surface area contributed by atoms with E-state index in [1.165, 1.54) is 0 Å². The third kappa shape index (κ3) is 4.66. The summed E-state index contributed by atoms with van der Waals surface area (Å²) in [5, 5.41) is 2.65. The molecule has 0 atom stereocenters. The van der Waals surface area contributed by atoms with Crippen LogP contribution in [0.15, 0.2) is 22.7 Å². The second-order valence-corrected chi connectivity index (χ2v) is 5.09. The van der Waals surface area contributed by atoms with E-state index < -0.39 is 0 Å². The summed E-state index contributed by atoms with van der Waals surface area (Å²) in [5.74, 6) is 0.0371. The van der Waals surface area contributed by atoms with E-state index in [0.717, 1.165) is 35.2 Å². The fraction of sp³-hybridized carbons (Fsp3) is 0.462. The van der Waals surface area contributed by atoms with Gasteiger partial charge >= 0.3 is 0 Å². The third-order valence-corrected chi connectivity index (χ3v) is 3.40. The highest BCUT2D eigenvalue weighted by Gasteiger charge is 2.11. The van der Waals surface area contributed by atoms with Crippen molar-refractivity contribution in [2.75, 3.05) is 25.9 Å². The topological polar surface area (TPSA) is 58.4 Å². The van der Waals surface area contributed by atoms with Crippen LogP contribution in [0.3, 0.4) is 0 Å². The summed E-state index contributed by atoms with van der Waals surface area (Å²) in [6.45, 7) is 4.16. The summed E-state index contributed by atoms with van der Waals surface area (Å²) in [7, 11) is 1.66. The average molecular weight is 314 g/mol. The van der Waals surface area contributed by atoms with Gasteiger partial charge in [0, 0.05) is 23.8 Å². The highest BCUT2D eigenvalue weighted by molar-refractivity contribution is 9.10. The smallest absolute Gasteiger partial charge is 0.233 e. The van der Waals surface area contributed by atoms with Crippen molar-refractivity contribution in [2.24, 2.45) is 0 Å². The molecule has 1 aromatic carbocycles. The number of amides is 1. The monoisotopic (exact) mass is 313 g/mol. The Morgan fingerprint density at radius 1 is 1.50 bits per heavy atom. The number of carbonyl (C=O) groups is 1. The van der Waals surface area contributed by atoms with Crippen LogP contribution in [-0.4, -0.2) is 30.9 Å². The quantitative estimate of drug-likeness (QED) is 0.790. The zero-order valence-electron chi connectivity index (χ0n) is 10.9. The normalized spacial score (nSPS) is 10.7. The lowest BCUT2D eigenvalue weighted by atomic mass is 10.2. The summed E-state index contributed by atoms with van der Waals surface area (Å²) in [4.78, 5) is 13.6. The van der Waals surface area contributed by atoms with E-state index in [2.05, 4.69) is 33.1 Å². The molecule has 100 valence electrons. The molecule has 0 aliphatic carbocycles. The van der Waals surface area contributed by atoms with Crippen molar-refractivity contribution >= 4 is 27.5 Å². The van der Waals surface area contributed by atoms with Crippen LogP contribution in [-0.2, 0) is 11.3 Å². The Labute approximate surface area is 117 Å². The Morgan fingerprint density at radius 2 is 2.22 bits per heavy atom. The molecule has 1 rings (SSSR count). The van der Waals surface area contributed by atoms with Gasteiger partial charge in [0.15, 0.2) is 0 Å². The molecule has 0 heterocycles. The summed E-state index contributed by atoms with van der Waals surface area (Å²) in [5.41, 5.74) is 7.59. The van der Waals surface area contributed by atoms with Crippen molar-refractivity contribution in [1.82, 2.24) is 10.2 Å². The lowest BCUT2D eigenvalue weighted by molar-refractivity contribution is -0.121. The van der Waals surface area contributed by atoms with Gasteiger partial charge in [-0.25, -0.2) is 0 Å². The summed E-state index contributed by atoms with van der Waals surface area (Å²) in [6.07, 6.45) is 1.02. The molecule has 0 unspecified atom stereocenters. The number of anilines is 1. The second kappa shape index (κ2) is 7.38. The molecule has 0 fully saturated rings. The van der Waals surface area contributed by atoms with Crippen molar-refractivity contribution in [2.45, 2.75) is 19.9 Å². The Balaban J connectivity index is 2.72. The van der Waals surface area contributed by atoms with Gasteiger partial charge in [-0.15, -0.1) is 0 Å². The maximum Gasteiger partial charge on any atom is 0.233 e. The molecule has 1 aromatic rings. The number of carbonyl (C=O) groups excluding carboxylic acids is 1. The van der Waals surface area contributed by atoms with Crippen LogP contribution in [0, 0.1) is 0 Å². The largest absolute Gasteiger partial charge is 0.399 e. The van der Waals surface area contributed by atoms with Crippen LogP contribution in [0.25, 0.3) is 0 Å². The van der Waals surface area contributed by atoms with E-state index in [4.69, 9.17) is 5.73 Å². The fourth-order valence-electron chi connectivity index (χ4n) is 1.75. The van der Waals surface area contributed by atoms with E-state index in [9.17, 15) is 4.79 Å². The Bertz CT molecular complexity index is 409. The van der Waals surface area contributed by atoms with Crippen LogP contribution in [0.5, 0.6) is 0 Å². The molecule has 0 aromatic heterocycles. The van der Waals surface area contributed by atoms with Gasteiger partial charge in [-0.2, -0.15) is 0 Å². The molecule has 5 heteroatoms. The number of hydrogen-bond acceptors (Lipinski definition) is 3. The van der Waals surface area contributed by atoms with Crippen LogP contribution in [0.2, 0.25) is 0 Å². The average Bonchev–Trinajstić information content (AvgIpc) is 2.32. The van der Waals surface area contributed by atoms with Crippen molar-refractivity contribution in [1.29, 1.82) is 0 Å². The lowest BCUT2D eigenvalue weighted by Crippen LogP contribution is -2.35. The Hall–Kier alpha value is -1.07. The number of nitrogen functional groups attached to an aromatic ring is 1. The molecule has 0 aliphatic rings. The number of nitrogens with zero attached hydrogens (tertiary/aromatic N) is 1. The third-order valence-electron chi connectivity index (χ3n) is 2.66. The number of likely N-dealkylation sites (N-methyl/N-ethyl adjacent to an activating group) is 1. The fourth-order valence-corrected chi connectivity index (χ4v) is 2.27. The predicted molar refractivity (Wildman–Crippen MR) is 78.2 cm³/mol. The standard InChI is InChI=1S/C13H20BrN3O/c1-3-6-17(9-13(18)16-2)8-10-4-5-11(15)7-12(10)14/h4-5,7H,3,6,8-9,15H2,1-2H3,(H,16,18). The summed E-state index contributed by atoms with van der Waals surface area (Å²) < 4.78 is 0.987. The number of halogens is 1. The van der Waals surface area contributed by atoms with Gasteiger partial charge in [-0.3, -0.25) is 9.69 Å². The van der Waals surface area contributed by atoms with E-state index in [1.54, 1.807) is 7.05 Å². The first-order chi connectivity index (χ1) is 8.56. The first-order valence-corrected chi connectivity index (χ1v) is 6.83. The molecular formula is C13H20BrN3O. The van der Waals surface area contributed by atoms with Crippen molar-refractivity contribution in [3.05, 3.63) is 28.2 Å². The molecule has 4 nitrogen and oxygen atoms in total. The van der Waals surface area contributed by atoms with Gasteiger partial charge in [0.25, 0.3) is 0 Å². The second-order valence-electron chi connectivity index (χ2n) is 4.23. The molecule has 0 spiro atoms. The number of nitrogens with one attached hydrogen (secondary N) is 1. The predicted octanol–water partition coefficient (Wildman–Crippen LogP) is 1.99. The van der Waals surface area contributed by atoms with E-state index >= 15 is 0 Å². The van der Waals surface area contributed by atoms with Gasteiger partial charge < -0.3 is 11.1 Å². The maximum absolute atomic E-state index is 11.4. The minimum atomic E-state index is 0.0371. The molecule has 1 amide bonds. The maximum atomic E-state index is 11.4. The molecule has 0 saturated carbocycles. The van der Waals surface area contributed by atoms with Gasteiger partial charge in [0.05, 0.1) is 6.54 Å². The van der Waals surface area contributed by atoms with E-state index in [0.29, 0.717) is 6.54 Å². The van der Waals surface area contributed by atoms with Crippen LogP contribution in [0.1, 0.15) is 18.9 Å². The van der Waals surface area contributed by atoms with Crippen LogP contribution < -0.4 is 11.1 Å². The van der Waals surface area contributed by atoms with Gasteiger partial charge in [-0.05, 0) is 30.7 Å². The molecular weight excluding hydrogens is 294 g/mol. The molecule has 18 heavy (non-hydrogen) atoms. The lowest BCUT2D eigenvalue weighted by Gasteiger charge is -2.21. The zero-order valence-corrected chi connectivity index (χ0v) is 12.5. The van der Waals surface area contributed by atoms with Crippen molar-refractivity contribution < 1.29 is 4.79 Å². The van der Waals surface area contributed by atoms with Crippen molar-refractivity contribution in [3.63, 3.8) is 0 Å². The summed E-state index contributed by atoms with van der Waals surface area (Å²) >= 11 is 3.50. The Kier molecular flexibility index (Phi) is 6.15.